The van der Waals surface area contributed by atoms with Crippen LogP contribution in [0.25, 0.3) is 0 Å². The smallest absolute Gasteiger partial charge is 0.243 e. The molecule has 0 spiro atoms. The van der Waals surface area contributed by atoms with Crippen LogP contribution in [0.4, 0.5) is 8.78 Å². The monoisotopic (exact) mass is 539 g/mol. The minimum absolute atomic E-state index is 0. The highest BCUT2D eigenvalue weighted by Gasteiger charge is 2.20. The summed E-state index contributed by atoms with van der Waals surface area (Å²) in [6.07, 6.45) is 1.77. The highest BCUT2D eigenvalue weighted by atomic mass is 127. The van der Waals surface area contributed by atoms with Crippen molar-refractivity contribution in [2.75, 3.05) is 54.0 Å². The van der Waals surface area contributed by atoms with Crippen molar-refractivity contribution in [1.82, 2.24) is 20.4 Å². The first kappa shape index (κ1) is 26.5. The Labute approximate surface area is 194 Å². The van der Waals surface area contributed by atoms with Crippen LogP contribution in [0.1, 0.15) is 18.4 Å². The standard InChI is InChI=1S/C20H31F2N5O2.HI/c1-26(2)19(28)13-24-20(23-8-11-29-3)25-16-6-9-27(10-7-16)14-15-4-5-17(21)18(22)12-15;/h4-5,12,16H,6-11,13-14H2,1-3H3,(H2,23,24,25);1H. The number of nitrogens with zero attached hydrogens (tertiary/aromatic N) is 3. The van der Waals surface area contributed by atoms with Gasteiger partial charge in [0, 0.05) is 53.4 Å². The Bertz CT molecular complexity index is 698. The van der Waals surface area contributed by atoms with E-state index in [0.29, 0.717) is 25.7 Å². The molecule has 0 radical (unpaired) electrons. The van der Waals surface area contributed by atoms with Crippen molar-refractivity contribution in [1.29, 1.82) is 0 Å². The molecule has 1 aliphatic heterocycles. The minimum atomic E-state index is -0.822. The molecular weight excluding hydrogens is 507 g/mol. The molecule has 0 atom stereocenters. The third-order valence-corrected chi connectivity index (χ3v) is 4.79. The Kier molecular flexibility index (Phi) is 12.1. The Morgan fingerprint density at radius 1 is 1.27 bits per heavy atom. The summed E-state index contributed by atoms with van der Waals surface area (Å²) in [7, 11) is 5.03. The van der Waals surface area contributed by atoms with Gasteiger partial charge in [0.05, 0.1) is 6.61 Å². The van der Waals surface area contributed by atoms with Gasteiger partial charge in [-0.05, 0) is 30.5 Å². The van der Waals surface area contributed by atoms with Gasteiger partial charge in [-0.2, -0.15) is 0 Å². The average molecular weight is 539 g/mol. The van der Waals surface area contributed by atoms with Gasteiger partial charge in [0.1, 0.15) is 6.54 Å². The van der Waals surface area contributed by atoms with Crippen LogP contribution < -0.4 is 10.6 Å². The summed E-state index contributed by atoms with van der Waals surface area (Å²) in [6.45, 7) is 3.46. The summed E-state index contributed by atoms with van der Waals surface area (Å²) in [6, 6.07) is 4.27. The highest BCUT2D eigenvalue weighted by Crippen LogP contribution is 2.16. The number of aliphatic imine (C=N–C) groups is 1. The lowest BCUT2D eigenvalue weighted by atomic mass is 10.0. The van der Waals surface area contributed by atoms with Gasteiger partial charge in [-0.3, -0.25) is 9.69 Å². The Morgan fingerprint density at radius 2 is 1.97 bits per heavy atom. The van der Waals surface area contributed by atoms with Crippen molar-refractivity contribution in [2.24, 2.45) is 4.99 Å². The Hall–Kier alpha value is -1.53. The first-order chi connectivity index (χ1) is 13.9. The molecule has 0 aromatic heterocycles. The van der Waals surface area contributed by atoms with Gasteiger partial charge in [-0.1, -0.05) is 6.07 Å². The topological polar surface area (TPSA) is 69.2 Å². The van der Waals surface area contributed by atoms with E-state index < -0.39 is 11.6 Å². The van der Waals surface area contributed by atoms with Crippen molar-refractivity contribution < 1.29 is 18.3 Å². The van der Waals surface area contributed by atoms with Gasteiger partial charge in [0.15, 0.2) is 17.6 Å². The summed E-state index contributed by atoms with van der Waals surface area (Å²) in [5.74, 6) is -1.11. The number of amides is 1. The van der Waals surface area contributed by atoms with Gasteiger partial charge >= 0.3 is 0 Å². The fourth-order valence-corrected chi connectivity index (χ4v) is 3.04. The first-order valence-corrected chi connectivity index (χ1v) is 9.79. The average Bonchev–Trinajstić information content (AvgIpc) is 2.70. The highest BCUT2D eigenvalue weighted by molar-refractivity contribution is 14.0. The molecule has 7 nitrogen and oxygen atoms in total. The second kappa shape index (κ2) is 13.7. The Morgan fingerprint density at radius 3 is 2.57 bits per heavy atom. The summed E-state index contributed by atoms with van der Waals surface area (Å²) in [4.78, 5) is 19.9. The lowest BCUT2D eigenvalue weighted by molar-refractivity contribution is -0.127. The fourth-order valence-electron chi connectivity index (χ4n) is 3.04. The van der Waals surface area contributed by atoms with Crippen molar-refractivity contribution >= 4 is 35.8 Å². The molecule has 0 unspecified atom stereocenters. The predicted molar refractivity (Wildman–Crippen MR) is 124 cm³/mol. The van der Waals surface area contributed by atoms with Gasteiger partial charge < -0.3 is 20.3 Å². The third-order valence-electron chi connectivity index (χ3n) is 4.79. The molecular formula is C20H32F2IN5O2. The van der Waals surface area contributed by atoms with Gasteiger partial charge in [-0.25, -0.2) is 13.8 Å². The van der Waals surface area contributed by atoms with Gasteiger partial charge in [-0.15, -0.1) is 24.0 Å². The van der Waals surface area contributed by atoms with Crippen LogP contribution >= 0.6 is 24.0 Å². The Balaban J connectivity index is 0.00000450. The van der Waals surface area contributed by atoms with E-state index in [4.69, 9.17) is 4.74 Å². The minimum Gasteiger partial charge on any atom is -0.383 e. The van der Waals surface area contributed by atoms with E-state index in [1.54, 1.807) is 27.3 Å². The van der Waals surface area contributed by atoms with E-state index in [0.717, 1.165) is 31.5 Å². The second-order valence-electron chi connectivity index (χ2n) is 7.32. The first-order valence-electron chi connectivity index (χ1n) is 9.79. The number of likely N-dealkylation sites (N-methyl/N-ethyl adjacent to an activating group) is 1. The molecule has 1 amide bonds. The zero-order chi connectivity index (χ0) is 21.2. The normalized spacial score (nSPS) is 15.4. The molecule has 0 saturated carbocycles. The summed E-state index contributed by atoms with van der Waals surface area (Å²) < 4.78 is 31.5. The van der Waals surface area contributed by atoms with Crippen LogP contribution in [-0.4, -0.2) is 81.7 Å². The molecule has 10 heteroatoms. The van der Waals surface area contributed by atoms with Crippen LogP contribution in [0.3, 0.4) is 0 Å². The zero-order valence-corrected chi connectivity index (χ0v) is 20.1. The maximum atomic E-state index is 13.4. The second-order valence-corrected chi connectivity index (χ2v) is 7.32. The van der Waals surface area contributed by atoms with Crippen LogP contribution in [0, 0.1) is 11.6 Å². The van der Waals surface area contributed by atoms with E-state index in [9.17, 15) is 13.6 Å². The fraction of sp³-hybridized carbons (Fsp3) is 0.600. The molecule has 2 N–H and O–H groups in total. The lowest BCUT2D eigenvalue weighted by Crippen LogP contribution is -2.49. The largest absolute Gasteiger partial charge is 0.383 e. The molecule has 1 saturated heterocycles. The maximum Gasteiger partial charge on any atom is 0.243 e. The number of guanidine groups is 1. The summed E-state index contributed by atoms with van der Waals surface area (Å²) in [5, 5.41) is 6.56. The molecule has 30 heavy (non-hydrogen) atoms. The third kappa shape index (κ3) is 9.09. The van der Waals surface area contributed by atoms with Crippen LogP contribution in [0.5, 0.6) is 0 Å². The van der Waals surface area contributed by atoms with Crippen molar-refractivity contribution in [2.45, 2.75) is 25.4 Å². The molecule has 0 aliphatic carbocycles. The molecule has 170 valence electrons. The van der Waals surface area contributed by atoms with Crippen molar-refractivity contribution in [3.05, 3.63) is 35.4 Å². The number of hydrogen-bond acceptors (Lipinski definition) is 4. The van der Waals surface area contributed by atoms with E-state index in [1.807, 2.05) is 0 Å². The molecule has 2 rings (SSSR count). The van der Waals surface area contributed by atoms with Crippen LogP contribution in [0.2, 0.25) is 0 Å². The van der Waals surface area contributed by atoms with E-state index in [1.165, 1.54) is 17.0 Å². The lowest BCUT2D eigenvalue weighted by Gasteiger charge is -2.33. The molecule has 1 aromatic rings. The van der Waals surface area contributed by atoms with Gasteiger partial charge in [0.25, 0.3) is 0 Å². The van der Waals surface area contributed by atoms with Crippen molar-refractivity contribution in [3.8, 4) is 0 Å². The quantitative estimate of drug-likeness (QED) is 0.229. The number of piperidine rings is 1. The van der Waals surface area contributed by atoms with Gasteiger partial charge in [0.2, 0.25) is 5.91 Å². The van der Waals surface area contributed by atoms with Crippen LogP contribution in [-0.2, 0) is 16.1 Å². The van der Waals surface area contributed by atoms with E-state index in [2.05, 4.69) is 20.5 Å². The van der Waals surface area contributed by atoms with E-state index in [-0.39, 0.29) is 42.5 Å². The zero-order valence-electron chi connectivity index (χ0n) is 17.8. The summed E-state index contributed by atoms with van der Waals surface area (Å²) in [5.41, 5.74) is 0.765. The summed E-state index contributed by atoms with van der Waals surface area (Å²) >= 11 is 0. The SMILES string of the molecule is COCCNC(=NCC(=O)N(C)C)NC1CCN(Cc2ccc(F)c(F)c2)CC1.I. The number of rotatable bonds is 8. The number of nitrogens with one attached hydrogen (secondary N) is 2. The van der Waals surface area contributed by atoms with E-state index >= 15 is 0 Å². The number of halogens is 3. The number of carbonyl (C=O) groups excluding carboxylic acids is 1. The molecule has 1 fully saturated rings. The molecule has 1 aromatic carbocycles. The predicted octanol–water partition coefficient (Wildman–Crippen LogP) is 1.82. The number of likely N-dealkylation sites (tertiary alicyclic amines) is 1. The maximum absolute atomic E-state index is 13.4. The number of methoxy groups -OCH3 is 1. The molecule has 1 aliphatic rings. The molecule has 0 bridgehead atoms. The van der Waals surface area contributed by atoms with Crippen molar-refractivity contribution in [3.63, 3.8) is 0 Å². The number of benzene rings is 1. The number of carbonyl (C=O) groups is 1. The number of hydrogen-bond donors (Lipinski definition) is 2. The number of ether oxygens (including phenoxy) is 1. The molecule has 1 heterocycles. The van der Waals surface area contributed by atoms with Crippen LogP contribution in [0.15, 0.2) is 23.2 Å².